The van der Waals surface area contributed by atoms with Crippen molar-refractivity contribution in [3.63, 3.8) is 0 Å². The molecule has 4 N–H and O–H groups in total. The van der Waals surface area contributed by atoms with Gasteiger partial charge in [-0.3, -0.25) is 5.10 Å². The molecule has 1 aliphatic heterocycles. The lowest BCUT2D eigenvalue weighted by atomic mass is 9.97. The maximum atomic E-state index is 10.6. The van der Waals surface area contributed by atoms with Gasteiger partial charge in [-0.05, 0) is 12.5 Å². The van der Waals surface area contributed by atoms with Crippen LogP contribution < -0.4 is 5.32 Å². The van der Waals surface area contributed by atoms with Gasteiger partial charge in [-0.15, -0.1) is 0 Å². The highest BCUT2D eigenvalue weighted by Crippen LogP contribution is 2.19. The third kappa shape index (κ3) is 7.80. The van der Waals surface area contributed by atoms with Crippen molar-refractivity contribution in [2.24, 2.45) is 0 Å². The zero-order valence-corrected chi connectivity index (χ0v) is 12.0. The Labute approximate surface area is 130 Å². The van der Waals surface area contributed by atoms with E-state index in [0.29, 0.717) is 5.92 Å². The zero-order chi connectivity index (χ0) is 19.1. The smallest absolute Gasteiger partial charge is 0.475 e. The van der Waals surface area contributed by atoms with Gasteiger partial charge in [0, 0.05) is 24.7 Å². The van der Waals surface area contributed by atoms with Gasteiger partial charge >= 0.3 is 24.3 Å². The van der Waals surface area contributed by atoms with Crippen molar-refractivity contribution in [1.82, 2.24) is 15.5 Å². The lowest BCUT2D eigenvalue weighted by Crippen LogP contribution is -2.40. The topological polar surface area (TPSA) is 115 Å². The highest BCUT2D eigenvalue weighted by Gasteiger charge is 2.38. The molecule has 1 aromatic heterocycles. The van der Waals surface area contributed by atoms with Gasteiger partial charge in [0.15, 0.2) is 0 Å². The van der Waals surface area contributed by atoms with E-state index in [0.717, 1.165) is 13.1 Å². The molecule has 0 unspecified atom stereocenters. The molecule has 0 spiro atoms. The minimum Gasteiger partial charge on any atom is -0.475 e. The number of hydrogen-bond donors (Lipinski definition) is 4. The monoisotopic (exact) mass is 365 g/mol. The molecule has 1 fully saturated rings. The molecule has 138 valence electrons. The van der Waals surface area contributed by atoms with Crippen LogP contribution in [0.25, 0.3) is 0 Å². The van der Waals surface area contributed by atoms with Crippen molar-refractivity contribution < 1.29 is 46.1 Å². The van der Waals surface area contributed by atoms with E-state index in [1.54, 1.807) is 0 Å². The van der Waals surface area contributed by atoms with Crippen LogP contribution in [-0.4, -0.2) is 57.8 Å². The summed E-state index contributed by atoms with van der Waals surface area (Å²) in [5.41, 5.74) is 2.59. The first kappa shape index (κ1) is 21.7. The molecule has 0 aromatic carbocycles. The Kier molecular flexibility index (Phi) is 7.70. The Morgan fingerprint density at radius 3 is 1.62 bits per heavy atom. The van der Waals surface area contributed by atoms with Gasteiger partial charge in [0.2, 0.25) is 0 Å². The van der Waals surface area contributed by atoms with Crippen LogP contribution in [0.3, 0.4) is 0 Å². The van der Waals surface area contributed by atoms with Crippen LogP contribution in [0.1, 0.15) is 17.2 Å². The summed E-state index contributed by atoms with van der Waals surface area (Å²) in [6.45, 7) is 4.29. The van der Waals surface area contributed by atoms with Crippen molar-refractivity contribution in [2.45, 2.75) is 25.2 Å². The summed E-state index contributed by atoms with van der Waals surface area (Å²) in [4.78, 5) is 17.8. The Bertz CT molecular complexity index is 527. The van der Waals surface area contributed by atoms with Crippen LogP contribution in [-0.2, 0) is 9.59 Å². The first-order valence-electron chi connectivity index (χ1n) is 6.07. The van der Waals surface area contributed by atoms with E-state index in [9.17, 15) is 26.3 Å². The molecule has 1 saturated heterocycles. The second-order valence-corrected chi connectivity index (χ2v) is 4.43. The molecule has 0 radical (unpaired) electrons. The number of aryl methyl sites for hydroxylation is 1. The normalized spacial score (nSPS) is 14.5. The fourth-order valence-corrected chi connectivity index (χ4v) is 1.26. The molecule has 0 bridgehead atoms. The van der Waals surface area contributed by atoms with Gasteiger partial charge in [-0.25, -0.2) is 9.59 Å². The predicted octanol–water partition coefficient (Wildman–Crippen LogP) is 1.67. The maximum Gasteiger partial charge on any atom is 0.490 e. The Balaban J connectivity index is 0.000000343. The van der Waals surface area contributed by atoms with Gasteiger partial charge in [-0.2, -0.15) is 31.4 Å². The molecular weight excluding hydrogens is 352 g/mol. The van der Waals surface area contributed by atoms with Crippen LogP contribution in [0.5, 0.6) is 0 Å². The van der Waals surface area contributed by atoms with Crippen LogP contribution in [0.15, 0.2) is 6.20 Å². The van der Waals surface area contributed by atoms with Crippen molar-refractivity contribution >= 4 is 11.9 Å². The summed E-state index contributed by atoms with van der Waals surface area (Å²) >= 11 is 0. The van der Waals surface area contributed by atoms with E-state index in [2.05, 4.69) is 22.4 Å². The number of rotatable bonds is 1. The van der Waals surface area contributed by atoms with Gasteiger partial charge in [0.1, 0.15) is 0 Å². The summed E-state index contributed by atoms with van der Waals surface area (Å²) in [7, 11) is 0. The number of nitrogens with zero attached hydrogens (tertiary/aromatic N) is 1. The second kappa shape index (κ2) is 8.52. The SMILES string of the molecule is Cc1cn[nH]c1C1CNC1.O=C(O)C(F)(F)F.O=C(O)C(F)(F)F. The Hall–Kier alpha value is -2.31. The molecule has 2 rings (SSSR count). The van der Waals surface area contributed by atoms with Gasteiger partial charge in [-0.1, -0.05) is 0 Å². The number of H-pyrrole nitrogens is 1. The minimum absolute atomic E-state index is 0.683. The first-order valence-corrected chi connectivity index (χ1v) is 6.07. The fourth-order valence-electron chi connectivity index (χ4n) is 1.26. The highest BCUT2D eigenvalue weighted by molar-refractivity contribution is 5.73. The van der Waals surface area contributed by atoms with Gasteiger partial charge < -0.3 is 15.5 Å². The number of aromatic nitrogens is 2. The number of aliphatic carboxylic acids is 2. The molecule has 2 heterocycles. The maximum absolute atomic E-state index is 10.6. The van der Waals surface area contributed by atoms with Crippen molar-refractivity contribution in [3.8, 4) is 0 Å². The summed E-state index contributed by atoms with van der Waals surface area (Å²) in [5.74, 6) is -4.83. The lowest BCUT2D eigenvalue weighted by molar-refractivity contribution is -0.193. The minimum atomic E-state index is -5.08. The molecule has 0 saturated carbocycles. The summed E-state index contributed by atoms with van der Waals surface area (Å²) in [6, 6.07) is 0. The average Bonchev–Trinajstić information content (AvgIpc) is 2.72. The Morgan fingerprint density at radius 2 is 1.46 bits per heavy atom. The number of nitrogens with one attached hydrogen (secondary N) is 2. The van der Waals surface area contributed by atoms with E-state index < -0.39 is 24.3 Å². The Morgan fingerprint density at radius 1 is 1.08 bits per heavy atom. The van der Waals surface area contributed by atoms with Crippen LogP contribution in [0.2, 0.25) is 0 Å². The number of aromatic amines is 1. The first-order chi connectivity index (χ1) is 10.8. The number of alkyl halides is 6. The third-order valence-electron chi connectivity index (χ3n) is 2.54. The second-order valence-electron chi connectivity index (χ2n) is 4.43. The molecular formula is C11H13F6N3O4. The molecule has 24 heavy (non-hydrogen) atoms. The van der Waals surface area contributed by atoms with Crippen molar-refractivity contribution in [1.29, 1.82) is 0 Å². The predicted molar refractivity (Wildman–Crippen MR) is 66.3 cm³/mol. The zero-order valence-electron chi connectivity index (χ0n) is 12.0. The van der Waals surface area contributed by atoms with E-state index in [-0.39, 0.29) is 0 Å². The molecule has 1 aromatic rings. The summed E-state index contributed by atoms with van der Waals surface area (Å²) in [6.07, 6.45) is -8.28. The highest BCUT2D eigenvalue weighted by atomic mass is 19.4. The largest absolute Gasteiger partial charge is 0.490 e. The third-order valence-corrected chi connectivity index (χ3v) is 2.54. The summed E-state index contributed by atoms with van der Waals surface area (Å²) in [5, 5.41) is 24.5. The molecule has 0 atom stereocenters. The number of hydrogen-bond acceptors (Lipinski definition) is 4. The van der Waals surface area contributed by atoms with Crippen LogP contribution in [0.4, 0.5) is 26.3 Å². The molecule has 1 aliphatic rings. The molecule has 7 nitrogen and oxygen atoms in total. The van der Waals surface area contributed by atoms with Crippen molar-refractivity contribution in [2.75, 3.05) is 13.1 Å². The van der Waals surface area contributed by atoms with Crippen LogP contribution >= 0.6 is 0 Å². The van der Waals surface area contributed by atoms with E-state index in [1.807, 2.05) is 6.20 Å². The van der Waals surface area contributed by atoms with Crippen LogP contribution in [0, 0.1) is 6.92 Å². The standard InChI is InChI=1S/C7H11N3.2C2HF3O2/c1-5-2-9-10-7(5)6-3-8-4-6;2*3-2(4,5)1(6)7/h2,6,8H,3-4H2,1H3,(H,9,10);2*(H,6,7). The molecule has 0 aliphatic carbocycles. The van der Waals surface area contributed by atoms with Gasteiger partial charge in [0.05, 0.1) is 6.20 Å². The van der Waals surface area contributed by atoms with Crippen molar-refractivity contribution in [3.05, 3.63) is 17.5 Å². The quantitative estimate of drug-likeness (QED) is 0.563. The molecule has 13 heteroatoms. The lowest BCUT2D eigenvalue weighted by Gasteiger charge is -2.26. The average molecular weight is 365 g/mol. The summed E-state index contributed by atoms with van der Waals surface area (Å²) < 4.78 is 63.5. The van der Waals surface area contributed by atoms with Gasteiger partial charge in [0.25, 0.3) is 0 Å². The number of carbonyl (C=O) groups is 2. The van der Waals surface area contributed by atoms with E-state index in [1.165, 1.54) is 11.3 Å². The van der Waals surface area contributed by atoms with E-state index >= 15 is 0 Å². The van der Waals surface area contributed by atoms with E-state index in [4.69, 9.17) is 19.8 Å². The number of carboxylic acids is 2. The molecule has 0 amide bonds. The number of halogens is 6. The number of carboxylic acid groups (broad SMARTS) is 2. The fraction of sp³-hybridized carbons (Fsp3) is 0.545.